The third-order valence-corrected chi connectivity index (χ3v) is 3.64. The Balaban J connectivity index is 1.92. The number of rotatable bonds is 4. The number of nitrogens with zero attached hydrogens (tertiary/aromatic N) is 3. The highest BCUT2D eigenvalue weighted by Gasteiger charge is 2.12. The van der Waals surface area contributed by atoms with E-state index in [9.17, 15) is 4.79 Å². The zero-order valence-electron chi connectivity index (χ0n) is 11.6. The summed E-state index contributed by atoms with van der Waals surface area (Å²) in [6, 6.07) is 5.76. The number of fused-ring (bicyclic) bond motifs is 5. The first kappa shape index (κ1) is 13.0. The van der Waals surface area contributed by atoms with Crippen LogP contribution in [-0.2, 0) is 6.54 Å². The molecule has 0 saturated carbocycles. The van der Waals surface area contributed by atoms with E-state index in [2.05, 4.69) is 25.5 Å². The highest BCUT2D eigenvalue weighted by atomic mass is 16.3. The number of aliphatic hydroxyl groups excluding tert-OH is 1. The second-order valence-electron chi connectivity index (χ2n) is 5.08. The highest BCUT2D eigenvalue weighted by Crippen LogP contribution is 2.20. The molecule has 0 saturated heterocycles. The zero-order chi connectivity index (χ0) is 15.1. The maximum Gasteiger partial charge on any atom is 0.332 e. The van der Waals surface area contributed by atoms with Gasteiger partial charge < -0.3 is 15.4 Å². The molecule has 0 unspecified atom stereocenters. The van der Waals surface area contributed by atoms with Crippen LogP contribution in [0.1, 0.15) is 5.56 Å². The van der Waals surface area contributed by atoms with E-state index >= 15 is 0 Å². The van der Waals surface area contributed by atoms with Crippen molar-refractivity contribution in [1.29, 1.82) is 0 Å². The molecule has 4 rings (SSSR count). The lowest BCUT2D eigenvalue weighted by atomic mass is 10.2. The molecule has 8 nitrogen and oxygen atoms in total. The van der Waals surface area contributed by atoms with Crippen molar-refractivity contribution in [2.75, 3.05) is 13.2 Å². The third-order valence-electron chi connectivity index (χ3n) is 3.64. The molecule has 4 aromatic rings. The summed E-state index contributed by atoms with van der Waals surface area (Å²) in [6.45, 7) is 1.28. The van der Waals surface area contributed by atoms with E-state index in [1.807, 2.05) is 18.2 Å². The molecule has 0 aliphatic rings. The van der Waals surface area contributed by atoms with E-state index < -0.39 is 0 Å². The first-order valence-electron chi connectivity index (χ1n) is 6.96. The van der Waals surface area contributed by atoms with Crippen molar-refractivity contribution in [3.05, 3.63) is 40.4 Å². The van der Waals surface area contributed by atoms with Crippen LogP contribution in [0.2, 0.25) is 0 Å². The minimum Gasteiger partial charge on any atom is -0.395 e. The normalized spacial score (nSPS) is 11.9. The molecule has 0 amide bonds. The molecule has 0 aliphatic heterocycles. The van der Waals surface area contributed by atoms with E-state index in [4.69, 9.17) is 5.11 Å². The molecule has 0 atom stereocenters. The van der Waals surface area contributed by atoms with Gasteiger partial charge in [-0.2, -0.15) is 5.10 Å². The number of aromatic amines is 2. The molecule has 112 valence electrons. The van der Waals surface area contributed by atoms with Gasteiger partial charge in [-0.05, 0) is 17.7 Å². The summed E-state index contributed by atoms with van der Waals surface area (Å²) in [5, 5.41) is 18.7. The highest BCUT2D eigenvalue weighted by molar-refractivity contribution is 5.93. The maximum absolute atomic E-state index is 12.2. The molecule has 0 aliphatic carbocycles. The largest absolute Gasteiger partial charge is 0.395 e. The lowest BCUT2D eigenvalue weighted by Crippen LogP contribution is -2.17. The van der Waals surface area contributed by atoms with Crippen LogP contribution >= 0.6 is 0 Å². The van der Waals surface area contributed by atoms with Crippen LogP contribution in [-0.4, -0.2) is 42.8 Å². The van der Waals surface area contributed by atoms with E-state index in [1.165, 1.54) is 0 Å². The zero-order valence-corrected chi connectivity index (χ0v) is 11.6. The van der Waals surface area contributed by atoms with Crippen molar-refractivity contribution in [3.63, 3.8) is 0 Å². The van der Waals surface area contributed by atoms with Gasteiger partial charge in [0.2, 0.25) is 0 Å². The van der Waals surface area contributed by atoms with Crippen LogP contribution < -0.4 is 11.0 Å². The van der Waals surface area contributed by atoms with Crippen LogP contribution in [0.25, 0.3) is 27.7 Å². The molecule has 0 bridgehead atoms. The fourth-order valence-corrected chi connectivity index (χ4v) is 2.64. The SMILES string of the molecule is O=c1[nH]c2cn[nH]c2c2nc3cc(CNCCO)ccc3n12. The van der Waals surface area contributed by atoms with Crippen molar-refractivity contribution < 1.29 is 5.11 Å². The van der Waals surface area contributed by atoms with Gasteiger partial charge in [-0.1, -0.05) is 6.07 Å². The standard InChI is InChI=1S/C14H14N6O2/c21-4-3-15-6-8-1-2-11-9(5-8)17-13-12-10(7-16-19-12)18-14(22)20(11)13/h1-2,5,7,15,21H,3-4,6H2,(H,16,19)(H,18,22). The summed E-state index contributed by atoms with van der Waals surface area (Å²) in [7, 11) is 0. The van der Waals surface area contributed by atoms with Gasteiger partial charge in [0.1, 0.15) is 5.52 Å². The van der Waals surface area contributed by atoms with Gasteiger partial charge in [-0.15, -0.1) is 0 Å². The number of H-pyrrole nitrogens is 2. The Morgan fingerprint density at radius 3 is 3.14 bits per heavy atom. The molecule has 22 heavy (non-hydrogen) atoms. The minimum atomic E-state index is -0.238. The van der Waals surface area contributed by atoms with Gasteiger partial charge in [0.25, 0.3) is 0 Å². The second-order valence-corrected chi connectivity index (χ2v) is 5.08. The Hall–Kier alpha value is -2.71. The Bertz CT molecular complexity index is 1030. The van der Waals surface area contributed by atoms with E-state index in [0.29, 0.717) is 29.8 Å². The van der Waals surface area contributed by atoms with Crippen LogP contribution in [0, 0.1) is 0 Å². The number of benzene rings is 1. The molecule has 0 spiro atoms. The van der Waals surface area contributed by atoms with Crippen LogP contribution in [0.15, 0.2) is 29.2 Å². The molecule has 0 radical (unpaired) electrons. The lowest BCUT2D eigenvalue weighted by molar-refractivity contribution is 0.292. The second kappa shape index (κ2) is 4.93. The van der Waals surface area contributed by atoms with Crippen LogP contribution in [0.4, 0.5) is 0 Å². The quantitative estimate of drug-likeness (QED) is 0.400. The fourth-order valence-electron chi connectivity index (χ4n) is 2.64. The van der Waals surface area contributed by atoms with Gasteiger partial charge >= 0.3 is 5.69 Å². The van der Waals surface area contributed by atoms with E-state index in [-0.39, 0.29) is 12.3 Å². The molecular weight excluding hydrogens is 284 g/mol. The lowest BCUT2D eigenvalue weighted by Gasteiger charge is -2.02. The summed E-state index contributed by atoms with van der Waals surface area (Å²) < 4.78 is 1.54. The van der Waals surface area contributed by atoms with Gasteiger partial charge in [0.05, 0.1) is 29.4 Å². The average molecular weight is 298 g/mol. The van der Waals surface area contributed by atoms with Crippen LogP contribution in [0.3, 0.4) is 0 Å². The monoisotopic (exact) mass is 298 g/mol. The Morgan fingerprint density at radius 1 is 1.36 bits per heavy atom. The van der Waals surface area contributed by atoms with Crippen molar-refractivity contribution in [3.8, 4) is 0 Å². The number of imidazole rings is 1. The molecule has 8 heteroatoms. The third kappa shape index (κ3) is 1.89. The van der Waals surface area contributed by atoms with Crippen molar-refractivity contribution in [1.82, 2.24) is 29.9 Å². The number of hydrogen-bond donors (Lipinski definition) is 4. The van der Waals surface area contributed by atoms with Crippen molar-refractivity contribution in [2.24, 2.45) is 0 Å². The van der Waals surface area contributed by atoms with Gasteiger partial charge in [0.15, 0.2) is 5.65 Å². The first-order chi connectivity index (χ1) is 10.8. The topological polar surface area (TPSA) is 111 Å². The van der Waals surface area contributed by atoms with Crippen LogP contribution in [0.5, 0.6) is 0 Å². The Labute approximate surface area is 123 Å². The molecule has 0 fully saturated rings. The smallest absolute Gasteiger partial charge is 0.332 e. The van der Waals surface area contributed by atoms with Gasteiger partial charge in [-0.3, -0.25) is 5.10 Å². The number of aromatic nitrogens is 5. The molecule has 1 aromatic carbocycles. The minimum absolute atomic E-state index is 0.101. The van der Waals surface area contributed by atoms with Crippen molar-refractivity contribution >= 4 is 27.7 Å². The number of hydrogen-bond acceptors (Lipinski definition) is 5. The van der Waals surface area contributed by atoms with Gasteiger partial charge in [0, 0.05) is 13.1 Å². The molecule has 3 aromatic heterocycles. The summed E-state index contributed by atoms with van der Waals surface area (Å²) in [5.74, 6) is 0. The summed E-state index contributed by atoms with van der Waals surface area (Å²) in [4.78, 5) is 19.6. The number of nitrogens with one attached hydrogen (secondary N) is 3. The summed E-state index contributed by atoms with van der Waals surface area (Å²) in [5.41, 5.74) is 4.20. The molecule has 4 N–H and O–H groups in total. The Kier molecular flexibility index (Phi) is 2.91. The maximum atomic E-state index is 12.2. The fraction of sp³-hybridized carbons (Fsp3) is 0.214. The number of aliphatic hydroxyl groups is 1. The predicted molar refractivity (Wildman–Crippen MR) is 81.8 cm³/mol. The molecular formula is C14H14N6O2. The van der Waals surface area contributed by atoms with E-state index in [1.54, 1.807) is 10.6 Å². The molecule has 3 heterocycles. The van der Waals surface area contributed by atoms with Gasteiger partial charge in [-0.25, -0.2) is 14.2 Å². The summed E-state index contributed by atoms with van der Waals surface area (Å²) >= 11 is 0. The average Bonchev–Trinajstić information content (AvgIpc) is 3.10. The van der Waals surface area contributed by atoms with E-state index in [0.717, 1.165) is 16.6 Å². The first-order valence-corrected chi connectivity index (χ1v) is 6.96. The Morgan fingerprint density at radius 2 is 2.27 bits per heavy atom. The van der Waals surface area contributed by atoms with Crippen molar-refractivity contribution in [2.45, 2.75) is 6.54 Å². The summed E-state index contributed by atoms with van der Waals surface area (Å²) in [6.07, 6.45) is 1.57. The predicted octanol–water partition coefficient (Wildman–Crippen LogP) is 0.134.